The predicted octanol–water partition coefficient (Wildman–Crippen LogP) is 0.877. The van der Waals surface area contributed by atoms with Crippen LogP contribution in [0, 0.1) is 0 Å². The number of ether oxygens (including phenoxy) is 1. The van der Waals surface area contributed by atoms with E-state index in [4.69, 9.17) is 4.74 Å². The molecule has 4 fully saturated rings. The fraction of sp³-hybridized carbons (Fsp3) is 0.895. The minimum Gasteiger partial charge on any atom is -0.381 e. The van der Waals surface area contributed by atoms with Crippen molar-refractivity contribution in [1.29, 1.82) is 0 Å². The van der Waals surface area contributed by atoms with Crippen molar-refractivity contribution in [2.45, 2.75) is 62.6 Å². The lowest BCUT2D eigenvalue weighted by Gasteiger charge is -2.44. The van der Waals surface area contributed by atoms with E-state index in [1.165, 1.54) is 12.8 Å². The molecule has 1 atom stereocenters. The maximum atomic E-state index is 12.7. The highest BCUT2D eigenvalue weighted by Gasteiger charge is 2.40. The van der Waals surface area contributed by atoms with E-state index in [-0.39, 0.29) is 23.6 Å². The average molecular weight is 380 g/mol. The summed E-state index contributed by atoms with van der Waals surface area (Å²) in [5, 5.41) is 9.13. The van der Waals surface area contributed by atoms with E-state index in [0.29, 0.717) is 25.7 Å². The Kier molecular flexibility index (Phi) is 5.73. The van der Waals surface area contributed by atoms with Crippen LogP contribution in [0.2, 0.25) is 0 Å². The molecular weight excluding hydrogens is 346 g/mol. The second-order valence-corrected chi connectivity index (χ2v) is 8.51. The highest BCUT2D eigenvalue weighted by molar-refractivity contribution is 5.76. The largest absolute Gasteiger partial charge is 0.381 e. The van der Waals surface area contributed by atoms with Crippen molar-refractivity contribution in [3.05, 3.63) is 0 Å². The zero-order chi connectivity index (χ0) is 18.7. The van der Waals surface area contributed by atoms with Crippen LogP contribution in [0.15, 0.2) is 0 Å². The number of likely N-dealkylation sites (tertiary alicyclic amines) is 2. The number of amides is 4. The van der Waals surface area contributed by atoms with Gasteiger partial charge in [0.15, 0.2) is 0 Å². The molecule has 0 aromatic rings. The normalized spacial score (nSPS) is 28.1. The molecule has 0 bridgehead atoms. The minimum absolute atomic E-state index is 0.00744. The van der Waals surface area contributed by atoms with Crippen LogP contribution in [0.4, 0.5) is 9.59 Å². The Bertz CT molecular complexity index is 541. The number of nitrogens with one attached hydrogen (secondary N) is 3. The molecule has 0 radical (unpaired) electrons. The fourth-order valence-electron chi connectivity index (χ4n) is 4.60. The Hall–Kier alpha value is -1.54. The zero-order valence-electron chi connectivity index (χ0n) is 16.2. The van der Waals surface area contributed by atoms with Crippen LogP contribution in [-0.2, 0) is 4.74 Å². The van der Waals surface area contributed by atoms with Gasteiger partial charge in [0.2, 0.25) is 0 Å². The van der Waals surface area contributed by atoms with Crippen LogP contribution in [0.25, 0.3) is 0 Å². The molecule has 1 saturated carbocycles. The van der Waals surface area contributed by atoms with Gasteiger partial charge in [-0.25, -0.2) is 9.59 Å². The molecule has 0 aromatic heterocycles. The molecule has 0 spiro atoms. The van der Waals surface area contributed by atoms with Gasteiger partial charge >= 0.3 is 12.1 Å². The number of urea groups is 2. The quantitative estimate of drug-likeness (QED) is 0.662. The molecule has 8 heteroatoms. The summed E-state index contributed by atoms with van der Waals surface area (Å²) in [7, 11) is 0. The summed E-state index contributed by atoms with van der Waals surface area (Å²) in [4.78, 5) is 29.0. The Morgan fingerprint density at radius 3 is 2.37 bits per heavy atom. The van der Waals surface area contributed by atoms with Gasteiger partial charge in [0, 0.05) is 50.5 Å². The van der Waals surface area contributed by atoms with Gasteiger partial charge in [-0.2, -0.15) is 0 Å². The van der Waals surface area contributed by atoms with Crippen molar-refractivity contribution < 1.29 is 14.3 Å². The van der Waals surface area contributed by atoms with E-state index in [9.17, 15) is 9.59 Å². The predicted molar refractivity (Wildman–Crippen MR) is 102 cm³/mol. The molecule has 3 saturated heterocycles. The van der Waals surface area contributed by atoms with Gasteiger partial charge in [-0.3, -0.25) is 4.90 Å². The van der Waals surface area contributed by atoms with E-state index in [0.717, 1.165) is 58.4 Å². The first-order valence-electron chi connectivity index (χ1n) is 10.6. The summed E-state index contributed by atoms with van der Waals surface area (Å²) in [5.41, 5.74) is 0.0476. The monoisotopic (exact) mass is 379 g/mol. The standard InChI is InChI=1S/C19H33N5O3/c25-17(21-15-3-4-15)22-16-5-10-23(13-16)18(26)20-14-19(6-11-27-12-7-19)24-8-1-2-9-24/h15-16H,1-14H2,(H,20,26)(H2,21,22,25). The van der Waals surface area contributed by atoms with Crippen LogP contribution in [-0.4, -0.2) is 85.4 Å². The number of hydrogen-bond donors (Lipinski definition) is 3. The fourth-order valence-corrected chi connectivity index (χ4v) is 4.60. The summed E-state index contributed by atoms with van der Waals surface area (Å²) in [5.74, 6) is 0. The van der Waals surface area contributed by atoms with Crippen LogP contribution >= 0.6 is 0 Å². The molecule has 3 heterocycles. The summed E-state index contributed by atoms with van der Waals surface area (Å²) in [6.07, 6.45) is 7.44. The Labute approximate surface area is 161 Å². The van der Waals surface area contributed by atoms with Crippen LogP contribution in [0.5, 0.6) is 0 Å². The van der Waals surface area contributed by atoms with Crippen LogP contribution in [0.3, 0.4) is 0 Å². The van der Waals surface area contributed by atoms with Gasteiger partial charge in [-0.05, 0) is 58.0 Å². The highest BCUT2D eigenvalue weighted by Crippen LogP contribution is 2.30. The maximum Gasteiger partial charge on any atom is 0.317 e. The lowest BCUT2D eigenvalue weighted by molar-refractivity contribution is -0.0174. The van der Waals surface area contributed by atoms with Crippen molar-refractivity contribution in [1.82, 2.24) is 25.8 Å². The number of nitrogens with zero attached hydrogens (tertiary/aromatic N) is 2. The molecule has 4 rings (SSSR count). The smallest absolute Gasteiger partial charge is 0.317 e. The Balaban J connectivity index is 1.25. The van der Waals surface area contributed by atoms with Gasteiger partial charge in [-0.15, -0.1) is 0 Å². The first kappa shape index (κ1) is 18.8. The van der Waals surface area contributed by atoms with Crippen molar-refractivity contribution in [3.8, 4) is 0 Å². The Morgan fingerprint density at radius 2 is 1.67 bits per heavy atom. The average Bonchev–Trinajstić information content (AvgIpc) is 3.14. The first-order chi connectivity index (χ1) is 13.1. The van der Waals surface area contributed by atoms with Crippen LogP contribution < -0.4 is 16.0 Å². The van der Waals surface area contributed by atoms with Crippen LogP contribution in [0.1, 0.15) is 44.9 Å². The van der Waals surface area contributed by atoms with E-state index < -0.39 is 0 Å². The van der Waals surface area contributed by atoms with E-state index >= 15 is 0 Å². The van der Waals surface area contributed by atoms with Gasteiger partial charge < -0.3 is 25.6 Å². The van der Waals surface area contributed by atoms with E-state index in [1.807, 2.05) is 4.90 Å². The molecule has 4 amide bonds. The zero-order valence-corrected chi connectivity index (χ0v) is 16.2. The van der Waals surface area contributed by atoms with Crippen molar-refractivity contribution >= 4 is 12.1 Å². The topological polar surface area (TPSA) is 85.9 Å². The molecule has 27 heavy (non-hydrogen) atoms. The summed E-state index contributed by atoms with van der Waals surface area (Å²) in [6.45, 7) is 5.77. The first-order valence-corrected chi connectivity index (χ1v) is 10.6. The second kappa shape index (κ2) is 8.22. The molecule has 3 aliphatic heterocycles. The summed E-state index contributed by atoms with van der Waals surface area (Å²) in [6, 6.07) is 0.295. The number of rotatable bonds is 5. The SMILES string of the molecule is O=C(NC1CC1)NC1CCN(C(=O)NCC2(N3CCCC3)CCOCC2)C1. The molecular formula is C19H33N5O3. The van der Waals surface area contributed by atoms with Crippen molar-refractivity contribution in [3.63, 3.8) is 0 Å². The number of hydrogen-bond acceptors (Lipinski definition) is 4. The van der Waals surface area contributed by atoms with Gasteiger partial charge in [0.05, 0.1) is 0 Å². The van der Waals surface area contributed by atoms with Crippen molar-refractivity contribution in [2.24, 2.45) is 0 Å². The lowest BCUT2D eigenvalue weighted by Crippen LogP contribution is -2.58. The molecule has 1 unspecified atom stereocenters. The van der Waals surface area contributed by atoms with E-state index in [2.05, 4.69) is 20.9 Å². The third-order valence-electron chi connectivity index (χ3n) is 6.49. The lowest BCUT2D eigenvalue weighted by atomic mass is 9.88. The van der Waals surface area contributed by atoms with Gasteiger partial charge in [0.25, 0.3) is 0 Å². The summed E-state index contributed by atoms with van der Waals surface area (Å²) >= 11 is 0. The molecule has 8 nitrogen and oxygen atoms in total. The van der Waals surface area contributed by atoms with Crippen molar-refractivity contribution in [2.75, 3.05) is 45.9 Å². The van der Waals surface area contributed by atoms with Gasteiger partial charge in [-0.1, -0.05) is 0 Å². The molecule has 4 aliphatic rings. The number of carbonyl (C=O) groups excluding carboxylic acids is 2. The minimum atomic E-state index is -0.0973. The third kappa shape index (κ3) is 4.66. The summed E-state index contributed by atoms with van der Waals surface area (Å²) < 4.78 is 5.58. The second-order valence-electron chi connectivity index (χ2n) is 8.51. The van der Waals surface area contributed by atoms with Gasteiger partial charge in [0.1, 0.15) is 0 Å². The molecule has 1 aliphatic carbocycles. The number of carbonyl (C=O) groups is 2. The van der Waals surface area contributed by atoms with E-state index in [1.54, 1.807) is 0 Å². The third-order valence-corrected chi connectivity index (χ3v) is 6.49. The maximum absolute atomic E-state index is 12.7. The molecule has 152 valence electrons. The highest BCUT2D eigenvalue weighted by atomic mass is 16.5. The molecule has 3 N–H and O–H groups in total. The molecule has 0 aromatic carbocycles. The Morgan fingerprint density at radius 1 is 0.963 bits per heavy atom.